The second-order valence-corrected chi connectivity index (χ2v) is 10.1. The molecule has 3 amide bonds. The fourth-order valence-corrected chi connectivity index (χ4v) is 4.59. The van der Waals surface area contributed by atoms with E-state index in [0.29, 0.717) is 34.2 Å². The molecule has 5 rings (SSSR count). The van der Waals surface area contributed by atoms with Crippen molar-refractivity contribution >= 4 is 34.4 Å². The number of pyridine rings is 1. The average molecular weight is 498 g/mol. The van der Waals surface area contributed by atoms with Crippen LogP contribution >= 0.6 is 0 Å². The van der Waals surface area contributed by atoms with Gasteiger partial charge in [0.1, 0.15) is 17.1 Å². The summed E-state index contributed by atoms with van der Waals surface area (Å²) in [5, 5.41) is 8.38. The molecule has 188 valence electrons. The number of rotatable bonds is 4. The first-order chi connectivity index (χ1) is 17.5. The van der Waals surface area contributed by atoms with Crippen molar-refractivity contribution in [1.82, 2.24) is 19.7 Å². The van der Waals surface area contributed by atoms with Gasteiger partial charge in [-0.05, 0) is 70.5 Å². The lowest BCUT2D eigenvalue weighted by Gasteiger charge is -2.29. The third kappa shape index (κ3) is 4.02. The Morgan fingerprint density at radius 1 is 0.973 bits per heavy atom. The number of carbonyl (C=O) groups is 3. The van der Waals surface area contributed by atoms with Crippen LogP contribution in [0.4, 0.5) is 5.82 Å². The first-order valence-electron chi connectivity index (χ1n) is 11.9. The van der Waals surface area contributed by atoms with Gasteiger partial charge in [0, 0.05) is 22.6 Å². The summed E-state index contributed by atoms with van der Waals surface area (Å²) < 4.78 is 7.06. The molecule has 2 aromatic carbocycles. The van der Waals surface area contributed by atoms with Crippen LogP contribution < -0.4 is 10.1 Å². The Bertz CT molecular complexity index is 1610. The lowest BCUT2D eigenvalue weighted by Crippen LogP contribution is -2.45. The van der Waals surface area contributed by atoms with Crippen molar-refractivity contribution in [3.05, 3.63) is 76.5 Å². The molecule has 4 aromatic rings. The van der Waals surface area contributed by atoms with E-state index in [1.165, 1.54) is 17.0 Å². The number of aromatic nitrogens is 3. The van der Waals surface area contributed by atoms with Crippen LogP contribution in [-0.2, 0) is 0 Å². The van der Waals surface area contributed by atoms with E-state index >= 15 is 0 Å². The molecule has 1 N–H and O–H groups in total. The molecule has 0 bridgehead atoms. The number of anilines is 1. The Balaban J connectivity index is 1.50. The van der Waals surface area contributed by atoms with E-state index in [2.05, 4.69) is 10.4 Å². The lowest BCUT2D eigenvalue weighted by atomic mass is 10.1. The SMILES string of the molecule is COc1cccc2c(C)cc(-n3nc(C)cc3NC(=O)c3ccc4c(c3)C(=O)N(C(C)(C)C)C4=O)nc12. The van der Waals surface area contributed by atoms with Crippen LogP contribution in [-0.4, -0.2) is 50.0 Å². The van der Waals surface area contributed by atoms with Crippen molar-refractivity contribution in [2.24, 2.45) is 0 Å². The van der Waals surface area contributed by atoms with E-state index in [1.54, 1.807) is 44.7 Å². The van der Waals surface area contributed by atoms with Gasteiger partial charge in [0.05, 0.1) is 23.9 Å². The molecule has 0 aliphatic carbocycles. The predicted molar refractivity (Wildman–Crippen MR) is 140 cm³/mol. The third-order valence-corrected chi connectivity index (χ3v) is 6.33. The fraction of sp³-hybridized carbons (Fsp3) is 0.250. The maximum Gasteiger partial charge on any atom is 0.262 e. The standard InChI is InChI=1S/C28H27N5O4/c1-15-12-22(29-24-18(15)8-7-9-21(24)37-6)33-23(13-16(2)31-33)30-25(34)17-10-11-19-20(14-17)27(36)32(26(19)35)28(3,4)5/h7-14H,1-6H3,(H,30,34). The number of hydrogen-bond acceptors (Lipinski definition) is 6. The Labute approximate surface area is 214 Å². The number of methoxy groups -OCH3 is 1. The Hall–Kier alpha value is -4.53. The number of fused-ring (bicyclic) bond motifs is 2. The van der Waals surface area contributed by atoms with Crippen LogP contribution in [0.5, 0.6) is 5.75 Å². The smallest absolute Gasteiger partial charge is 0.262 e. The molecule has 2 aromatic heterocycles. The average Bonchev–Trinajstić information content (AvgIpc) is 3.34. The number of hydrogen-bond donors (Lipinski definition) is 1. The monoisotopic (exact) mass is 497 g/mol. The van der Waals surface area contributed by atoms with Crippen molar-refractivity contribution in [1.29, 1.82) is 0 Å². The molecule has 0 saturated heterocycles. The molecule has 1 aliphatic rings. The van der Waals surface area contributed by atoms with Gasteiger partial charge in [-0.3, -0.25) is 19.3 Å². The van der Waals surface area contributed by atoms with Gasteiger partial charge in [0.2, 0.25) is 0 Å². The summed E-state index contributed by atoms with van der Waals surface area (Å²) in [6.45, 7) is 9.18. The Morgan fingerprint density at radius 3 is 2.41 bits per heavy atom. The molecule has 9 nitrogen and oxygen atoms in total. The van der Waals surface area contributed by atoms with Crippen LogP contribution in [0, 0.1) is 13.8 Å². The normalized spacial score (nSPS) is 13.3. The molecule has 0 atom stereocenters. The van der Waals surface area contributed by atoms with E-state index in [0.717, 1.165) is 10.9 Å². The van der Waals surface area contributed by atoms with Crippen LogP contribution in [0.25, 0.3) is 16.7 Å². The maximum absolute atomic E-state index is 13.3. The zero-order chi connectivity index (χ0) is 26.6. The van der Waals surface area contributed by atoms with Crippen molar-refractivity contribution in [3.8, 4) is 11.6 Å². The van der Waals surface area contributed by atoms with Crippen molar-refractivity contribution in [2.75, 3.05) is 12.4 Å². The highest BCUT2D eigenvalue weighted by Crippen LogP contribution is 2.31. The van der Waals surface area contributed by atoms with Crippen LogP contribution in [0.15, 0.2) is 48.5 Å². The van der Waals surface area contributed by atoms with Crippen molar-refractivity contribution < 1.29 is 19.1 Å². The number of ether oxygens (including phenoxy) is 1. The zero-order valence-corrected chi connectivity index (χ0v) is 21.5. The number of nitrogens with one attached hydrogen (secondary N) is 1. The van der Waals surface area contributed by atoms with Crippen molar-refractivity contribution in [3.63, 3.8) is 0 Å². The van der Waals surface area contributed by atoms with E-state index in [4.69, 9.17) is 9.72 Å². The van der Waals surface area contributed by atoms with E-state index < -0.39 is 17.4 Å². The summed E-state index contributed by atoms with van der Waals surface area (Å²) in [7, 11) is 1.60. The van der Waals surface area contributed by atoms with Gasteiger partial charge in [-0.2, -0.15) is 9.78 Å². The number of carbonyl (C=O) groups excluding carboxylic acids is 3. The highest BCUT2D eigenvalue weighted by atomic mass is 16.5. The van der Waals surface area contributed by atoms with Gasteiger partial charge >= 0.3 is 0 Å². The maximum atomic E-state index is 13.3. The number of para-hydroxylation sites is 1. The van der Waals surface area contributed by atoms with E-state index in [9.17, 15) is 14.4 Å². The van der Waals surface area contributed by atoms with E-state index in [-0.39, 0.29) is 17.0 Å². The molecule has 37 heavy (non-hydrogen) atoms. The Morgan fingerprint density at radius 2 is 1.70 bits per heavy atom. The second kappa shape index (κ2) is 8.55. The quantitative estimate of drug-likeness (QED) is 0.410. The summed E-state index contributed by atoms with van der Waals surface area (Å²) in [5.74, 6) is 0.373. The summed E-state index contributed by atoms with van der Waals surface area (Å²) in [5.41, 5.74) is 2.45. The minimum atomic E-state index is -0.673. The molecule has 0 saturated carbocycles. The number of aryl methyl sites for hydroxylation is 2. The van der Waals surface area contributed by atoms with E-state index in [1.807, 2.05) is 38.1 Å². The highest BCUT2D eigenvalue weighted by molar-refractivity contribution is 6.22. The molecular weight excluding hydrogens is 470 g/mol. The van der Waals surface area contributed by atoms with Gasteiger partial charge in [-0.15, -0.1) is 0 Å². The first-order valence-corrected chi connectivity index (χ1v) is 11.9. The van der Waals surface area contributed by atoms with Crippen molar-refractivity contribution in [2.45, 2.75) is 40.2 Å². The first kappa shape index (κ1) is 24.2. The van der Waals surface area contributed by atoms with Gasteiger partial charge in [0.15, 0.2) is 5.82 Å². The molecule has 0 unspecified atom stereocenters. The third-order valence-electron chi connectivity index (χ3n) is 6.33. The Kier molecular flexibility index (Phi) is 5.58. The predicted octanol–water partition coefficient (Wildman–Crippen LogP) is 4.69. The van der Waals surface area contributed by atoms with Crippen LogP contribution in [0.3, 0.4) is 0 Å². The second-order valence-electron chi connectivity index (χ2n) is 10.1. The lowest BCUT2D eigenvalue weighted by molar-refractivity contribution is 0.0507. The zero-order valence-electron chi connectivity index (χ0n) is 21.5. The number of nitrogens with zero attached hydrogens (tertiary/aromatic N) is 4. The van der Waals surface area contributed by atoms with Crippen LogP contribution in [0.2, 0.25) is 0 Å². The molecule has 9 heteroatoms. The minimum absolute atomic E-state index is 0.219. The summed E-state index contributed by atoms with van der Waals surface area (Å²) in [6, 6.07) is 13.9. The molecular formula is C28H27N5O4. The molecule has 1 aliphatic heterocycles. The van der Waals surface area contributed by atoms with Gasteiger partial charge in [-0.1, -0.05) is 12.1 Å². The van der Waals surface area contributed by atoms with Gasteiger partial charge in [0.25, 0.3) is 17.7 Å². The molecule has 0 spiro atoms. The van der Waals surface area contributed by atoms with Gasteiger partial charge in [-0.25, -0.2) is 4.98 Å². The highest BCUT2D eigenvalue weighted by Gasteiger charge is 2.42. The number of benzene rings is 2. The van der Waals surface area contributed by atoms with Crippen LogP contribution in [0.1, 0.15) is 63.1 Å². The molecule has 3 heterocycles. The summed E-state index contributed by atoms with van der Waals surface area (Å²) in [6.07, 6.45) is 0. The largest absolute Gasteiger partial charge is 0.494 e. The minimum Gasteiger partial charge on any atom is -0.494 e. The summed E-state index contributed by atoms with van der Waals surface area (Å²) in [4.78, 5) is 45.0. The molecule has 0 fully saturated rings. The topological polar surface area (TPSA) is 106 Å². The number of amides is 3. The number of imide groups is 1. The summed E-state index contributed by atoms with van der Waals surface area (Å²) >= 11 is 0. The fourth-order valence-electron chi connectivity index (χ4n) is 4.59. The molecule has 0 radical (unpaired) electrons. The van der Waals surface area contributed by atoms with Gasteiger partial charge < -0.3 is 10.1 Å².